The summed E-state index contributed by atoms with van der Waals surface area (Å²) in [7, 11) is 0. The SMILES string of the molecule is O=C(Nc1ccc(Cl)cc1)c1ccnc(C(=O)NCc2cccnc2)c1. The van der Waals surface area contributed by atoms with Crippen LogP contribution in [0.5, 0.6) is 0 Å². The van der Waals surface area contributed by atoms with E-state index in [0.717, 1.165) is 5.56 Å². The van der Waals surface area contributed by atoms with Crippen LogP contribution in [-0.4, -0.2) is 21.8 Å². The molecule has 26 heavy (non-hydrogen) atoms. The van der Waals surface area contributed by atoms with Gasteiger partial charge in [-0.2, -0.15) is 0 Å². The summed E-state index contributed by atoms with van der Waals surface area (Å²) in [4.78, 5) is 32.6. The number of amides is 2. The van der Waals surface area contributed by atoms with Gasteiger partial charge in [0.05, 0.1) is 0 Å². The largest absolute Gasteiger partial charge is 0.347 e. The molecule has 0 aliphatic heterocycles. The van der Waals surface area contributed by atoms with Gasteiger partial charge in [-0.25, -0.2) is 0 Å². The summed E-state index contributed by atoms with van der Waals surface area (Å²) in [6.07, 6.45) is 4.76. The molecule has 130 valence electrons. The molecule has 0 saturated heterocycles. The molecule has 0 spiro atoms. The van der Waals surface area contributed by atoms with E-state index >= 15 is 0 Å². The Bertz CT molecular complexity index is 914. The van der Waals surface area contributed by atoms with Crippen LogP contribution in [0.1, 0.15) is 26.4 Å². The van der Waals surface area contributed by atoms with E-state index in [4.69, 9.17) is 11.6 Å². The van der Waals surface area contributed by atoms with Crippen molar-refractivity contribution in [2.45, 2.75) is 6.54 Å². The monoisotopic (exact) mass is 366 g/mol. The molecule has 0 unspecified atom stereocenters. The maximum Gasteiger partial charge on any atom is 0.270 e. The molecule has 2 N–H and O–H groups in total. The van der Waals surface area contributed by atoms with Crippen LogP contribution < -0.4 is 10.6 Å². The van der Waals surface area contributed by atoms with Crippen molar-refractivity contribution >= 4 is 29.1 Å². The molecular formula is C19H15ClN4O2. The van der Waals surface area contributed by atoms with Crippen molar-refractivity contribution < 1.29 is 9.59 Å². The van der Waals surface area contributed by atoms with Crippen molar-refractivity contribution in [3.63, 3.8) is 0 Å². The number of anilines is 1. The van der Waals surface area contributed by atoms with Crippen LogP contribution >= 0.6 is 11.6 Å². The minimum atomic E-state index is -0.366. The van der Waals surface area contributed by atoms with Crippen LogP contribution in [0.2, 0.25) is 5.02 Å². The highest BCUT2D eigenvalue weighted by Gasteiger charge is 2.12. The fraction of sp³-hybridized carbons (Fsp3) is 0.0526. The number of carbonyl (C=O) groups excluding carboxylic acids is 2. The molecule has 6 nitrogen and oxygen atoms in total. The van der Waals surface area contributed by atoms with Crippen molar-refractivity contribution in [1.29, 1.82) is 0 Å². The lowest BCUT2D eigenvalue weighted by molar-refractivity contribution is 0.0946. The van der Waals surface area contributed by atoms with Gasteiger partial charge in [-0.1, -0.05) is 17.7 Å². The predicted octanol–water partition coefficient (Wildman–Crippen LogP) is 3.31. The van der Waals surface area contributed by atoms with Gasteiger partial charge in [0.15, 0.2) is 0 Å². The highest BCUT2D eigenvalue weighted by molar-refractivity contribution is 6.30. The number of rotatable bonds is 5. The zero-order valence-corrected chi connectivity index (χ0v) is 14.4. The minimum Gasteiger partial charge on any atom is -0.347 e. The summed E-state index contributed by atoms with van der Waals surface area (Å²) < 4.78 is 0. The highest BCUT2D eigenvalue weighted by Crippen LogP contribution is 2.14. The van der Waals surface area contributed by atoms with Crippen LogP contribution in [0.3, 0.4) is 0 Å². The molecule has 2 amide bonds. The first-order chi connectivity index (χ1) is 12.6. The topological polar surface area (TPSA) is 84.0 Å². The lowest BCUT2D eigenvalue weighted by Crippen LogP contribution is -2.24. The summed E-state index contributed by atoms with van der Waals surface area (Å²) in [6.45, 7) is 0.329. The molecule has 0 saturated carbocycles. The molecule has 3 rings (SSSR count). The zero-order valence-electron chi connectivity index (χ0n) is 13.6. The maximum absolute atomic E-state index is 12.3. The first kappa shape index (κ1) is 17.6. The lowest BCUT2D eigenvalue weighted by atomic mass is 10.2. The Kier molecular flexibility index (Phi) is 5.56. The fourth-order valence-corrected chi connectivity index (χ4v) is 2.33. The van der Waals surface area contributed by atoms with Crippen molar-refractivity contribution in [2.75, 3.05) is 5.32 Å². The van der Waals surface area contributed by atoms with Crippen molar-refractivity contribution in [2.24, 2.45) is 0 Å². The molecule has 0 bridgehead atoms. The number of benzene rings is 1. The van der Waals surface area contributed by atoms with Gasteiger partial charge in [0.2, 0.25) is 0 Å². The lowest BCUT2D eigenvalue weighted by Gasteiger charge is -2.07. The second-order valence-corrected chi connectivity index (χ2v) is 5.87. The zero-order chi connectivity index (χ0) is 18.4. The van der Waals surface area contributed by atoms with Gasteiger partial charge < -0.3 is 10.6 Å². The van der Waals surface area contributed by atoms with E-state index in [0.29, 0.717) is 22.8 Å². The maximum atomic E-state index is 12.3. The van der Waals surface area contributed by atoms with E-state index in [9.17, 15) is 9.59 Å². The smallest absolute Gasteiger partial charge is 0.270 e. The molecule has 0 aliphatic rings. The molecule has 0 radical (unpaired) electrons. The number of pyridine rings is 2. The molecule has 7 heteroatoms. The molecule has 0 atom stereocenters. The van der Waals surface area contributed by atoms with Gasteiger partial charge in [-0.3, -0.25) is 19.6 Å². The third kappa shape index (κ3) is 4.64. The van der Waals surface area contributed by atoms with Crippen LogP contribution in [0, 0.1) is 0 Å². The quantitative estimate of drug-likeness (QED) is 0.725. The Labute approximate surface area is 155 Å². The van der Waals surface area contributed by atoms with Crippen molar-refractivity contribution in [3.05, 3.63) is 89.0 Å². The summed E-state index contributed by atoms with van der Waals surface area (Å²) in [5, 5.41) is 6.08. The number of hydrogen-bond acceptors (Lipinski definition) is 4. The average Bonchev–Trinajstić information content (AvgIpc) is 2.69. The molecule has 2 aromatic heterocycles. The van der Waals surface area contributed by atoms with E-state index in [1.165, 1.54) is 12.3 Å². The second kappa shape index (κ2) is 8.22. The number of hydrogen-bond donors (Lipinski definition) is 2. The Balaban J connectivity index is 1.66. The average molecular weight is 367 g/mol. The van der Waals surface area contributed by atoms with Crippen LogP contribution in [0.15, 0.2) is 67.1 Å². The Morgan fingerprint density at radius 3 is 2.54 bits per heavy atom. The number of halogens is 1. The van der Waals surface area contributed by atoms with Crippen LogP contribution in [0.4, 0.5) is 5.69 Å². The fourth-order valence-electron chi connectivity index (χ4n) is 2.21. The third-order valence-electron chi connectivity index (χ3n) is 3.53. The van der Waals surface area contributed by atoms with Crippen LogP contribution in [-0.2, 0) is 6.54 Å². The summed E-state index contributed by atoms with van der Waals surface area (Å²) in [5.74, 6) is -0.703. The molecule has 3 aromatic rings. The summed E-state index contributed by atoms with van der Waals surface area (Å²) >= 11 is 5.83. The van der Waals surface area contributed by atoms with Crippen molar-refractivity contribution in [1.82, 2.24) is 15.3 Å². The third-order valence-corrected chi connectivity index (χ3v) is 3.78. The second-order valence-electron chi connectivity index (χ2n) is 5.43. The Hall–Kier alpha value is -3.25. The molecular weight excluding hydrogens is 352 g/mol. The summed E-state index contributed by atoms with van der Waals surface area (Å²) in [6, 6.07) is 13.4. The van der Waals surface area contributed by atoms with Gasteiger partial charge in [-0.05, 0) is 48.0 Å². The number of nitrogens with one attached hydrogen (secondary N) is 2. The number of nitrogens with zero attached hydrogens (tertiary/aromatic N) is 2. The van der Waals surface area contributed by atoms with Crippen molar-refractivity contribution in [3.8, 4) is 0 Å². The standard InChI is InChI=1S/C19H15ClN4O2/c20-15-3-5-16(6-4-15)24-18(25)14-7-9-22-17(10-14)19(26)23-12-13-2-1-8-21-11-13/h1-11H,12H2,(H,23,26)(H,24,25). The van der Waals surface area contributed by atoms with Crippen LogP contribution in [0.25, 0.3) is 0 Å². The van der Waals surface area contributed by atoms with E-state index < -0.39 is 0 Å². The molecule has 2 heterocycles. The minimum absolute atomic E-state index is 0.164. The first-order valence-corrected chi connectivity index (χ1v) is 8.20. The van der Waals surface area contributed by atoms with Gasteiger partial charge in [0.25, 0.3) is 11.8 Å². The molecule has 0 aliphatic carbocycles. The van der Waals surface area contributed by atoms with E-state index in [2.05, 4.69) is 20.6 Å². The summed E-state index contributed by atoms with van der Waals surface area (Å²) in [5.41, 5.74) is 1.98. The Morgan fingerprint density at radius 2 is 1.81 bits per heavy atom. The highest BCUT2D eigenvalue weighted by atomic mass is 35.5. The first-order valence-electron chi connectivity index (χ1n) is 7.82. The van der Waals surface area contributed by atoms with Gasteiger partial charge in [0.1, 0.15) is 5.69 Å². The molecule has 1 aromatic carbocycles. The number of carbonyl (C=O) groups is 2. The van der Waals surface area contributed by atoms with Gasteiger partial charge >= 0.3 is 0 Å². The van der Waals surface area contributed by atoms with Gasteiger partial charge in [0, 0.05) is 41.4 Å². The number of aromatic nitrogens is 2. The Morgan fingerprint density at radius 1 is 1.00 bits per heavy atom. The predicted molar refractivity (Wildman–Crippen MR) is 99.0 cm³/mol. The van der Waals surface area contributed by atoms with E-state index in [1.807, 2.05) is 6.07 Å². The molecule has 0 fully saturated rings. The normalized spacial score (nSPS) is 10.2. The van der Waals surface area contributed by atoms with Gasteiger partial charge in [-0.15, -0.1) is 0 Å². The van der Waals surface area contributed by atoms with E-state index in [1.54, 1.807) is 48.8 Å². The van der Waals surface area contributed by atoms with E-state index in [-0.39, 0.29) is 17.5 Å².